The maximum atomic E-state index is 13.1. The van der Waals surface area contributed by atoms with Gasteiger partial charge in [0.2, 0.25) is 0 Å². The third kappa shape index (κ3) is 3.65. The fraction of sp³-hybridized carbons (Fsp3) is 0.391. The van der Waals surface area contributed by atoms with Crippen LogP contribution in [0.25, 0.3) is 11.0 Å². The molecule has 3 aromatic rings. The summed E-state index contributed by atoms with van der Waals surface area (Å²) in [6, 6.07) is 12.2. The number of nitrogens with one attached hydrogen (secondary N) is 2. The third-order valence-corrected chi connectivity index (χ3v) is 6.42. The fourth-order valence-electron chi connectivity index (χ4n) is 4.85. The number of imidazole rings is 1. The molecule has 1 amide bonds. The van der Waals surface area contributed by atoms with E-state index in [9.17, 15) is 9.18 Å². The summed E-state index contributed by atoms with van der Waals surface area (Å²) >= 11 is 0. The van der Waals surface area contributed by atoms with Crippen molar-refractivity contribution in [2.75, 3.05) is 11.9 Å². The number of carbonyl (C=O) groups is 1. The van der Waals surface area contributed by atoms with E-state index in [4.69, 9.17) is 4.98 Å². The third-order valence-electron chi connectivity index (χ3n) is 6.42. The van der Waals surface area contributed by atoms with E-state index in [1.807, 2.05) is 18.2 Å². The molecule has 1 aliphatic heterocycles. The Bertz CT molecular complexity index is 1040. The molecule has 0 radical (unpaired) electrons. The lowest BCUT2D eigenvalue weighted by molar-refractivity contribution is -0.944. The Morgan fingerprint density at radius 3 is 2.69 bits per heavy atom. The molecule has 1 unspecified atom stereocenters. The van der Waals surface area contributed by atoms with Crippen LogP contribution in [-0.2, 0) is 13.1 Å². The molecular formula is C23H26FN4O+. The average Bonchev–Trinajstić information content (AvgIpc) is 3.11. The zero-order chi connectivity index (χ0) is 19.8. The van der Waals surface area contributed by atoms with Crippen molar-refractivity contribution >= 4 is 22.6 Å². The van der Waals surface area contributed by atoms with Gasteiger partial charge in [-0.15, -0.1) is 0 Å². The molecule has 1 fully saturated rings. The highest BCUT2D eigenvalue weighted by molar-refractivity contribution is 6.04. The SMILES string of the molecule is O=C(Nc1ccc2c(c1)nc1n2CC[NH+](C2CCCCC2)C1)c1ccc(F)cc1. The highest BCUT2D eigenvalue weighted by atomic mass is 19.1. The quantitative estimate of drug-likeness (QED) is 0.718. The van der Waals surface area contributed by atoms with Crippen molar-refractivity contribution in [3.05, 3.63) is 59.7 Å². The van der Waals surface area contributed by atoms with E-state index in [1.54, 1.807) is 4.90 Å². The highest BCUT2D eigenvalue weighted by Gasteiger charge is 2.30. The lowest BCUT2D eigenvalue weighted by atomic mass is 9.94. The van der Waals surface area contributed by atoms with Crippen molar-refractivity contribution < 1.29 is 14.1 Å². The molecule has 2 aliphatic rings. The summed E-state index contributed by atoms with van der Waals surface area (Å²) in [7, 11) is 0. The first kappa shape index (κ1) is 18.3. The maximum Gasteiger partial charge on any atom is 0.255 e. The Kier molecular flexibility index (Phi) is 4.79. The fourth-order valence-corrected chi connectivity index (χ4v) is 4.85. The number of hydrogen-bond acceptors (Lipinski definition) is 2. The van der Waals surface area contributed by atoms with Crippen LogP contribution in [0.3, 0.4) is 0 Å². The van der Waals surface area contributed by atoms with Gasteiger partial charge in [0.05, 0.1) is 30.2 Å². The van der Waals surface area contributed by atoms with Crippen molar-refractivity contribution in [1.29, 1.82) is 0 Å². The molecule has 1 aliphatic carbocycles. The van der Waals surface area contributed by atoms with Crippen LogP contribution in [0.5, 0.6) is 0 Å². The first-order chi connectivity index (χ1) is 14.2. The van der Waals surface area contributed by atoms with Crippen LogP contribution in [0.1, 0.15) is 48.3 Å². The Morgan fingerprint density at radius 1 is 1.10 bits per heavy atom. The summed E-state index contributed by atoms with van der Waals surface area (Å²) in [6.07, 6.45) is 6.79. The van der Waals surface area contributed by atoms with Crippen molar-refractivity contribution in [3.8, 4) is 0 Å². The largest absolute Gasteiger partial charge is 0.325 e. The highest BCUT2D eigenvalue weighted by Crippen LogP contribution is 2.23. The Hall–Kier alpha value is -2.73. The van der Waals surface area contributed by atoms with Gasteiger partial charge in [0.15, 0.2) is 5.82 Å². The Labute approximate surface area is 169 Å². The van der Waals surface area contributed by atoms with E-state index in [1.165, 1.54) is 56.4 Å². The molecule has 0 bridgehead atoms. The molecule has 1 atom stereocenters. The van der Waals surface area contributed by atoms with E-state index < -0.39 is 0 Å². The van der Waals surface area contributed by atoms with Gasteiger partial charge in [0.25, 0.3) is 5.91 Å². The predicted octanol–water partition coefficient (Wildman–Crippen LogP) is 3.16. The second-order valence-corrected chi connectivity index (χ2v) is 8.26. The van der Waals surface area contributed by atoms with E-state index in [0.29, 0.717) is 11.3 Å². The van der Waals surface area contributed by atoms with Gasteiger partial charge in [0.1, 0.15) is 12.4 Å². The summed E-state index contributed by atoms with van der Waals surface area (Å²) < 4.78 is 15.4. The van der Waals surface area contributed by atoms with Gasteiger partial charge in [-0.1, -0.05) is 6.42 Å². The molecule has 1 aromatic heterocycles. The van der Waals surface area contributed by atoms with Crippen molar-refractivity contribution in [1.82, 2.24) is 9.55 Å². The average molecular weight is 393 g/mol. The van der Waals surface area contributed by atoms with Gasteiger partial charge in [-0.25, -0.2) is 9.37 Å². The molecule has 0 saturated heterocycles. The zero-order valence-electron chi connectivity index (χ0n) is 16.5. The van der Waals surface area contributed by atoms with Crippen LogP contribution in [0.2, 0.25) is 0 Å². The number of carbonyl (C=O) groups excluding carboxylic acids is 1. The van der Waals surface area contributed by atoms with Crippen LogP contribution >= 0.6 is 0 Å². The number of quaternary nitrogens is 1. The molecule has 2 N–H and O–H groups in total. The summed E-state index contributed by atoms with van der Waals surface area (Å²) in [6.45, 7) is 3.14. The second-order valence-electron chi connectivity index (χ2n) is 8.26. The monoisotopic (exact) mass is 393 g/mol. The number of halogens is 1. The Balaban J connectivity index is 1.35. The maximum absolute atomic E-state index is 13.1. The van der Waals surface area contributed by atoms with E-state index in [-0.39, 0.29) is 11.7 Å². The van der Waals surface area contributed by atoms with E-state index in [0.717, 1.165) is 42.5 Å². The minimum atomic E-state index is -0.351. The van der Waals surface area contributed by atoms with Crippen molar-refractivity contribution in [2.24, 2.45) is 0 Å². The molecule has 150 valence electrons. The van der Waals surface area contributed by atoms with Crippen molar-refractivity contribution in [3.63, 3.8) is 0 Å². The topological polar surface area (TPSA) is 51.4 Å². The van der Waals surface area contributed by atoms with Crippen LogP contribution in [0, 0.1) is 5.82 Å². The van der Waals surface area contributed by atoms with Gasteiger partial charge in [0, 0.05) is 11.3 Å². The summed E-state index contributed by atoms with van der Waals surface area (Å²) in [5, 5.41) is 2.89. The molecule has 5 nitrogen and oxygen atoms in total. The number of fused-ring (bicyclic) bond motifs is 3. The number of hydrogen-bond donors (Lipinski definition) is 2. The molecule has 1 saturated carbocycles. The molecule has 6 heteroatoms. The normalized spacial score (nSPS) is 19.8. The van der Waals surface area contributed by atoms with Gasteiger partial charge < -0.3 is 14.8 Å². The lowest BCUT2D eigenvalue weighted by Crippen LogP contribution is -3.15. The molecule has 2 aromatic carbocycles. The number of nitrogens with zero attached hydrogens (tertiary/aromatic N) is 2. The zero-order valence-corrected chi connectivity index (χ0v) is 16.5. The smallest absolute Gasteiger partial charge is 0.255 e. The predicted molar refractivity (Wildman–Crippen MR) is 110 cm³/mol. The van der Waals surface area contributed by atoms with Gasteiger partial charge in [-0.3, -0.25) is 4.79 Å². The summed E-state index contributed by atoms with van der Waals surface area (Å²) in [5.74, 6) is 0.547. The molecule has 5 rings (SSSR count). The van der Waals surface area contributed by atoms with Gasteiger partial charge in [-0.2, -0.15) is 0 Å². The minimum absolute atomic E-state index is 0.249. The van der Waals surface area contributed by atoms with Crippen molar-refractivity contribution in [2.45, 2.75) is 51.2 Å². The summed E-state index contributed by atoms with van der Waals surface area (Å²) in [5.41, 5.74) is 3.19. The van der Waals surface area contributed by atoms with E-state index in [2.05, 4.69) is 9.88 Å². The standard InChI is InChI=1S/C23H25FN4O/c24-17-8-6-16(7-9-17)23(29)25-18-10-11-21-20(14-18)26-22-15-27(12-13-28(21)22)19-4-2-1-3-5-19/h6-11,14,19H,1-5,12-13,15H2,(H,25,29)/p+1. The number of amides is 1. The number of rotatable bonds is 3. The Morgan fingerprint density at radius 2 is 1.90 bits per heavy atom. The minimum Gasteiger partial charge on any atom is -0.325 e. The van der Waals surface area contributed by atoms with Gasteiger partial charge >= 0.3 is 0 Å². The number of benzene rings is 2. The molecule has 0 spiro atoms. The van der Waals surface area contributed by atoms with Crippen LogP contribution in [0.4, 0.5) is 10.1 Å². The number of aromatic nitrogens is 2. The van der Waals surface area contributed by atoms with Crippen LogP contribution in [-0.4, -0.2) is 28.0 Å². The second kappa shape index (κ2) is 7.59. The van der Waals surface area contributed by atoms with Crippen LogP contribution in [0.15, 0.2) is 42.5 Å². The molecule has 2 heterocycles. The van der Waals surface area contributed by atoms with E-state index >= 15 is 0 Å². The molecular weight excluding hydrogens is 367 g/mol. The van der Waals surface area contributed by atoms with Crippen LogP contribution < -0.4 is 10.2 Å². The summed E-state index contributed by atoms with van der Waals surface area (Å²) in [4.78, 5) is 19.0. The first-order valence-electron chi connectivity index (χ1n) is 10.6. The number of anilines is 1. The lowest BCUT2D eigenvalue weighted by Gasteiger charge is -2.34. The first-order valence-corrected chi connectivity index (χ1v) is 10.6. The van der Waals surface area contributed by atoms with Gasteiger partial charge in [-0.05, 0) is 68.1 Å². The molecule has 29 heavy (non-hydrogen) atoms.